The van der Waals surface area contributed by atoms with Gasteiger partial charge in [0.1, 0.15) is 5.75 Å². The summed E-state index contributed by atoms with van der Waals surface area (Å²) in [5.74, 6) is 0.467. The smallest absolute Gasteiger partial charge is 0.261 e. The zero-order valence-corrected chi connectivity index (χ0v) is 16.0. The molecule has 6 nitrogen and oxygen atoms in total. The number of carbonyl (C=O) groups is 1. The van der Waals surface area contributed by atoms with E-state index in [2.05, 4.69) is 47.4 Å². The lowest BCUT2D eigenvalue weighted by Gasteiger charge is -2.07. The summed E-state index contributed by atoms with van der Waals surface area (Å²) in [5.41, 5.74) is 4.88. The Balaban J connectivity index is 1.67. The summed E-state index contributed by atoms with van der Waals surface area (Å²) < 4.78 is 7.01. The van der Waals surface area contributed by atoms with Crippen molar-refractivity contribution < 1.29 is 9.53 Å². The SMILES string of the molecule is COc1ccccc1C(=O)Nc1nc2scc(-c3ccc(C)cc3C)n2n1. The minimum atomic E-state index is -0.307. The third-order valence-corrected chi connectivity index (χ3v) is 5.13. The van der Waals surface area contributed by atoms with Crippen molar-refractivity contribution in [3.63, 3.8) is 0 Å². The Kier molecular flexibility index (Phi) is 4.37. The zero-order valence-electron chi connectivity index (χ0n) is 15.2. The maximum atomic E-state index is 12.6. The molecule has 0 aliphatic carbocycles. The second-order valence-corrected chi connectivity index (χ2v) is 7.06. The highest BCUT2D eigenvalue weighted by atomic mass is 32.1. The number of benzene rings is 2. The number of hydrogen-bond donors (Lipinski definition) is 1. The summed E-state index contributed by atoms with van der Waals surface area (Å²) in [7, 11) is 1.53. The largest absolute Gasteiger partial charge is 0.496 e. The van der Waals surface area contributed by atoms with Crippen LogP contribution in [0.3, 0.4) is 0 Å². The van der Waals surface area contributed by atoms with E-state index in [0.717, 1.165) is 16.2 Å². The normalized spacial score (nSPS) is 10.9. The van der Waals surface area contributed by atoms with E-state index in [1.165, 1.54) is 29.6 Å². The van der Waals surface area contributed by atoms with Crippen LogP contribution in [0.25, 0.3) is 16.2 Å². The molecule has 0 aliphatic rings. The summed E-state index contributed by atoms with van der Waals surface area (Å²) in [5, 5.41) is 9.26. The van der Waals surface area contributed by atoms with Crippen LogP contribution in [0.1, 0.15) is 21.5 Å². The third kappa shape index (κ3) is 3.17. The Hall–Kier alpha value is -3.19. The lowest BCUT2D eigenvalue weighted by molar-refractivity contribution is 0.102. The second kappa shape index (κ2) is 6.85. The molecule has 0 aliphatic heterocycles. The highest BCUT2D eigenvalue weighted by Gasteiger charge is 2.17. The van der Waals surface area contributed by atoms with Crippen LogP contribution in [0, 0.1) is 13.8 Å². The van der Waals surface area contributed by atoms with Gasteiger partial charge in [-0.05, 0) is 31.5 Å². The summed E-state index contributed by atoms with van der Waals surface area (Å²) in [6.45, 7) is 4.15. The number of hydrogen-bond acceptors (Lipinski definition) is 5. The van der Waals surface area contributed by atoms with Crippen molar-refractivity contribution in [1.29, 1.82) is 0 Å². The number of methoxy groups -OCH3 is 1. The van der Waals surface area contributed by atoms with Gasteiger partial charge >= 0.3 is 0 Å². The number of amides is 1. The number of thiazole rings is 1. The van der Waals surface area contributed by atoms with E-state index in [-0.39, 0.29) is 11.9 Å². The van der Waals surface area contributed by atoms with Crippen LogP contribution in [0.4, 0.5) is 5.95 Å². The van der Waals surface area contributed by atoms with E-state index in [4.69, 9.17) is 4.74 Å². The molecular formula is C20H18N4O2S. The summed E-state index contributed by atoms with van der Waals surface area (Å²) in [6, 6.07) is 13.3. The van der Waals surface area contributed by atoms with Gasteiger partial charge in [-0.2, -0.15) is 4.98 Å². The molecule has 0 fully saturated rings. The fourth-order valence-electron chi connectivity index (χ4n) is 3.02. The predicted molar refractivity (Wildman–Crippen MR) is 107 cm³/mol. The Morgan fingerprint density at radius 2 is 2.00 bits per heavy atom. The number of rotatable bonds is 4. The molecule has 0 spiro atoms. The first-order valence-corrected chi connectivity index (χ1v) is 9.31. The molecule has 1 amide bonds. The van der Waals surface area contributed by atoms with Gasteiger partial charge in [0.05, 0.1) is 18.4 Å². The first-order valence-electron chi connectivity index (χ1n) is 8.43. The van der Waals surface area contributed by atoms with Gasteiger partial charge in [-0.25, -0.2) is 4.52 Å². The molecule has 4 rings (SSSR count). The van der Waals surface area contributed by atoms with Crippen LogP contribution >= 0.6 is 11.3 Å². The number of anilines is 1. The average molecular weight is 378 g/mol. The third-order valence-electron chi connectivity index (χ3n) is 4.32. The van der Waals surface area contributed by atoms with Gasteiger partial charge < -0.3 is 4.74 Å². The highest BCUT2D eigenvalue weighted by molar-refractivity contribution is 7.15. The number of nitrogens with zero attached hydrogens (tertiary/aromatic N) is 3. The standard InChI is InChI=1S/C20H18N4O2S/c1-12-8-9-14(13(2)10-12)16-11-27-20-22-19(23-24(16)20)21-18(25)15-6-4-5-7-17(15)26-3/h4-11H,1-3H3,(H,21,23,25). The topological polar surface area (TPSA) is 68.5 Å². The van der Waals surface area contributed by atoms with Gasteiger partial charge in [0.25, 0.3) is 11.9 Å². The van der Waals surface area contributed by atoms with E-state index in [1.54, 1.807) is 22.7 Å². The molecular weight excluding hydrogens is 360 g/mol. The Bertz CT molecular complexity index is 1150. The molecule has 0 saturated carbocycles. The number of para-hydroxylation sites is 1. The Morgan fingerprint density at radius 1 is 1.19 bits per heavy atom. The van der Waals surface area contributed by atoms with Crippen molar-refractivity contribution in [2.75, 3.05) is 12.4 Å². The van der Waals surface area contributed by atoms with Crippen LogP contribution in [-0.2, 0) is 0 Å². The summed E-state index contributed by atoms with van der Waals surface area (Å²) in [6.07, 6.45) is 0. The van der Waals surface area contributed by atoms with Crippen molar-refractivity contribution in [2.45, 2.75) is 13.8 Å². The van der Waals surface area contributed by atoms with Crippen molar-refractivity contribution in [3.8, 4) is 17.0 Å². The molecule has 0 radical (unpaired) electrons. The highest BCUT2D eigenvalue weighted by Crippen LogP contribution is 2.29. The van der Waals surface area contributed by atoms with E-state index < -0.39 is 0 Å². The van der Waals surface area contributed by atoms with Crippen LogP contribution < -0.4 is 10.1 Å². The van der Waals surface area contributed by atoms with Gasteiger partial charge in [-0.1, -0.05) is 35.9 Å². The van der Waals surface area contributed by atoms with E-state index in [1.807, 2.05) is 11.4 Å². The number of ether oxygens (including phenoxy) is 1. The summed E-state index contributed by atoms with van der Waals surface area (Å²) in [4.78, 5) is 17.7. The fourth-order valence-corrected chi connectivity index (χ4v) is 3.84. The first-order chi connectivity index (χ1) is 13.1. The van der Waals surface area contributed by atoms with Crippen molar-refractivity contribution in [2.24, 2.45) is 0 Å². The average Bonchev–Trinajstić information content (AvgIpc) is 3.22. The van der Waals surface area contributed by atoms with E-state index in [0.29, 0.717) is 11.3 Å². The molecule has 2 heterocycles. The van der Waals surface area contributed by atoms with Gasteiger partial charge in [0.2, 0.25) is 4.96 Å². The number of aromatic nitrogens is 3. The first kappa shape index (κ1) is 17.2. The maximum Gasteiger partial charge on any atom is 0.261 e. The minimum Gasteiger partial charge on any atom is -0.496 e. The number of aryl methyl sites for hydroxylation is 2. The quantitative estimate of drug-likeness (QED) is 0.574. The molecule has 0 unspecified atom stereocenters. The van der Waals surface area contributed by atoms with Crippen LogP contribution in [0.5, 0.6) is 5.75 Å². The van der Waals surface area contributed by atoms with E-state index >= 15 is 0 Å². The second-order valence-electron chi connectivity index (χ2n) is 6.22. The zero-order chi connectivity index (χ0) is 19.0. The fraction of sp³-hybridized carbons (Fsp3) is 0.150. The molecule has 27 heavy (non-hydrogen) atoms. The Labute approximate surface area is 160 Å². The van der Waals surface area contributed by atoms with Crippen LogP contribution in [-0.4, -0.2) is 27.6 Å². The molecule has 2 aromatic heterocycles. The van der Waals surface area contributed by atoms with Crippen molar-refractivity contribution in [3.05, 3.63) is 64.5 Å². The lowest BCUT2D eigenvalue weighted by atomic mass is 10.0. The molecule has 0 atom stereocenters. The molecule has 0 bridgehead atoms. The number of fused-ring (bicyclic) bond motifs is 1. The van der Waals surface area contributed by atoms with E-state index in [9.17, 15) is 4.79 Å². The predicted octanol–water partition coefficient (Wildman–Crippen LogP) is 4.34. The monoisotopic (exact) mass is 378 g/mol. The van der Waals surface area contributed by atoms with Gasteiger partial charge in [-0.15, -0.1) is 16.4 Å². The van der Waals surface area contributed by atoms with Gasteiger partial charge in [0.15, 0.2) is 0 Å². The number of carbonyl (C=O) groups excluding carboxylic acids is 1. The van der Waals surface area contributed by atoms with Crippen molar-refractivity contribution in [1.82, 2.24) is 14.6 Å². The molecule has 1 N–H and O–H groups in total. The van der Waals surface area contributed by atoms with Crippen LogP contribution in [0.15, 0.2) is 47.8 Å². The number of nitrogens with one attached hydrogen (secondary N) is 1. The van der Waals surface area contributed by atoms with Gasteiger partial charge in [-0.3, -0.25) is 10.1 Å². The molecule has 0 saturated heterocycles. The molecule has 136 valence electrons. The molecule has 4 aromatic rings. The molecule has 2 aromatic carbocycles. The van der Waals surface area contributed by atoms with Crippen molar-refractivity contribution >= 4 is 28.2 Å². The van der Waals surface area contributed by atoms with Crippen LogP contribution in [0.2, 0.25) is 0 Å². The minimum absolute atomic E-state index is 0.267. The Morgan fingerprint density at radius 3 is 2.78 bits per heavy atom. The maximum absolute atomic E-state index is 12.6. The lowest BCUT2D eigenvalue weighted by Crippen LogP contribution is -2.14. The van der Waals surface area contributed by atoms with Gasteiger partial charge in [0, 0.05) is 10.9 Å². The molecule has 7 heteroatoms. The summed E-state index contributed by atoms with van der Waals surface area (Å²) >= 11 is 1.49.